The van der Waals surface area contributed by atoms with E-state index < -0.39 is 0 Å². The highest BCUT2D eigenvalue weighted by atomic mass is 32.2. The number of hydrogen-bond donors (Lipinski definition) is 2. The molecule has 22 heavy (non-hydrogen) atoms. The van der Waals surface area contributed by atoms with Gasteiger partial charge < -0.3 is 15.4 Å². The van der Waals surface area contributed by atoms with Gasteiger partial charge in [0, 0.05) is 18.0 Å². The van der Waals surface area contributed by atoms with E-state index in [4.69, 9.17) is 5.73 Å². The zero-order chi connectivity index (χ0) is 15.6. The number of methoxy groups -OCH3 is 1. The summed E-state index contributed by atoms with van der Waals surface area (Å²) in [5.74, 6) is -0.270. The second kappa shape index (κ2) is 6.38. The Balaban J connectivity index is 1.61. The van der Waals surface area contributed by atoms with Crippen LogP contribution in [0.1, 0.15) is 25.7 Å². The highest BCUT2D eigenvalue weighted by molar-refractivity contribution is 7.97. The predicted molar refractivity (Wildman–Crippen MR) is 89.8 cm³/mol. The van der Waals surface area contributed by atoms with Crippen molar-refractivity contribution in [2.45, 2.75) is 30.6 Å². The Hall–Kier alpha value is -1.40. The standard InChI is InChI=1S/C16H23N3O2S/c1-21-15(20)11-18-22-12-2-3-13(17)14(10-12)19-8-6-16(4-5-16)7-9-19/h2-3,10,18H,4-9,11,17H2,1H3. The number of nitrogens with one attached hydrogen (secondary N) is 1. The van der Waals surface area contributed by atoms with Crippen LogP contribution < -0.4 is 15.4 Å². The van der Waals surface area contributed by atoms with Gasteiger partial charge in [0.05, 0.1) is 18.5 Å². The maximum atomic E-state index is 11.1. The van der Waals surface area contributed by atoms with E-state index in [1.807, 2.05) is 12.1 Å². The Morgan fingerprint density at radius 3 is 2.73 bits per heavy atom. The number of hydrogen-bond acceptors (Lipinski definition) is 6. The lowest BCUT2D eigenvalue weighted by Crippen LogP contribution is -2.34. The average Bonchev–Trinajstić information content (AvgIpc) is 3.29. The molecular weight excluding hydrogens is 298 g/mol. The second-order valence-electron chi connectivity index (χ2n) is 6.21. The van der Waals surface area contributed by atoms with Gasteiger partial charge in [-0.2, -0.15) is 0 Å². The van der Waals surface area contributed by atoms with Crippen molar-refractivity contribution in [3.05, 3.63) is 18.2 Å². The smallest absolute Gasteiger partial charge is 0.320 e. The van der Waals surface area contributed by atoms with Crippen LogP contribution in [-0.4, -0.2) is 32.7 Å². The molecule has 1 heterocycles. The summed E-state index contributed by atoms with van der Waals surface area (Å²) >= 11 is 1.43. The van der Waals surface area contributed by atoms with Crippen LogP contribution >= 0.6 is 11.9 Å². The van der Waals surface area contributed by atoms with E-state index in [9.17, 15) is 4.79 Å². The highest BCUT2D eigenvalue weighted by Gasteiger charge is 2.44. The van der Waals surface area contributed by atoms with Crippen LogP contribution in [0.25, 0.3) is 0 Å². The van der Waals surface area contributed by atoms with Crippen molar-refractivity contribution in [1.29, 1.82) is 0 Å². The van der Waals surface area contributed by atoms with Crippen molar-refractivity contribution >= 4 is 29.3 Å². The van der Waals surface area contributed by atoms with Crippen LogP contribution in [-0.2, 0) is 9.53 Å². The molecule has 1 aliphatic carbocycles. The third-order valence-electron chi connectivity index (χ3n) is 4.76. The topological polar surface area (TPSA) is 67.6 Å². The molecule has 1 aliphatic heterocycles. The van der Waals surface area contributed by atoms with Crippen LogP contribution in [0.15, 0.2) is 23.1 Å². The molecule has 3 N–H and O–H groups in total. The molecule has 3 rings (SSSR count). The van der Waals surface area contributed by atoms with Crippen LogP contribution in [0, 0.1) is 5.41 Å². The molecule has 1 aromatic rings. The van der Waals surface area contributed by atoms with Crippen molar-refractivity contribution < 1.29 is 9.53 Å². The maximum absolute atomic E-state index is 11.1. The van der Waals surface area contributed by atoms with Gasteiger partial charge >= 0.3 is 5.97 Å². The lowest BCUT2D eigenvalue weighted by molar-refractivity contribution is -0.139. The van der Waals surface area contributed by atoms with E-state index >= 15 is 0 Å². The predicted octanol–water partition coefficient (Wildman–Crippen LogP) is 2.42. The summed E-state index contributed by atoms with van der Waals surface area (Å²) in [5.41, 5.74) is 8.76. The lowest BCUT2D eigenvalue weighted by Gasteiger charge is -2.34. The first kappa shape index (κ1) is 15.5. The maximum Gasteiger partial charge on any atom is 0.320 e. The number of nitrogens with two attached hydrogens (primary N) is 1. The number of anilines is 2. The summed E-state index contributed by atoms with van der Waals surface area (Å²) in [6.45, 7) is 2.37. The molecule has 2 fully saturated rings. The molecule has 6 heteroatoms. The van der Waals surface area contributed by atoms with Gasteiger partial charge in [0.15, 0.2) is 0 Å². The zero-order valence-corrected chi connectivity index (χ0v) is 13.7. The number of benzene rings is 1. The normalized spacial score (nSPS) is 19.2. The van der Waals surface area contributed by atoms with Crippen LogP contribution in [0.2, 0.25) is 0 Å². The highest BCUT2D eigenvalue weighted by Crippen LogP contribution is 2.54. The molecule has 2 aliphatic rings. The van der Waals surface area contributed by atoms with Gasteiger partial charge in [-0.15, -0.1) is 0 Å². The van der Waals surface area contributed by atoms with E-state index in [1.165, 1.54) is 44.7 Å². The number of rotatable bonds is 5. The fourth-order valence-electron chi connectivity index (χ4n) is 3.01. The van der Waals surface area contributed by atoms with Crippen molar-refractivity contribution in [1.82, 2.24) is 4.72 Å². The zero-order valence-electron chi connectivity index (χ0n) is 12.9. The fourth-order valence-corrected chi connectivity index (χ4v) is 3.67. The Kier molecular flexibility index (Phi) is 4.49. The molecule has 0 bridgehead atoms. The third-order valence-corrected chi connectivity index (χ3v) is 5.54. The molecule has 1 spiro atoms. The lowest BCUT2D eigenvalue weighted by atomic mass is 9.93. The minimum Gasteiger partial charge on any atom is -0.468 e. The molecule has 1 saturated carbocycles. The van der Waals surface area contributed by atoms with E-state index in [1.54, 1.807) is 0 Å². The Bertz CT molecular complexity index is 550. The SMILES string of the molecule is COC(=O)CNSc1ccc(N)c(N2CCC3(CC2)CC3)c1. The molecule has 1 saturated heterocycles. The molecule has 5 nitrogen and oxygen atoms in total. The minimum absolute atomic E-state index is 0.188. The number of nitrogen functional groups attached to an aromatic ring is 1. The van der Waals surface area contributed by atoms with Gasteiger partial charge in [-0.05, 0) is 61.2 Å². The number of esters is 1. The monoisotopic (exact) mass is 321 g/mol. The minimum atomic E-state index is -0.270. The summed E-state index contributed by atoms with van der Waals surface area (Å²) in [5, 5.41) is 0. The molecule has 1 aromatic carbocycles. The van der Waals surface area contributed by atoms with Gasteiger partial charge in [-0.25, -0.2) is 4.72 Å². The molecule has 0 radical (unpaired) electrons. The molecule has 120 valence electrons. The largest absolute Gasteiger partial charge is 0.468 e. The molecule has 0 atom stereocenters. The van der Waals surface area contributed by atoms with Gasteiger partial charge in [-0.1, -0.05) is 0 Å². The molecule has 0 amide bonds. The van der Waals surface area contributed by atoms with Crippen molar-refractivity contribution in [3.8, 4) is 0 Å². The number of carbonyl (C=O) groups is 1. The van der Waals surface area contributed by atoms with Crippen LogP contribution in [0.5, 0.6) is 0 Å². The van der Waals surface area contributed by atoms with Crippen LogP contribution in [0.4, 0.5) is 11.4 Å². The van der Waals surface area contributed by atoms with Crippen molar-refractivity contribution in [2.75, 3.05) is 37.4 Å². The first-order valence-electron chi connectivity index (χ1n) is 7.73. The first-order valence-corrected chi connectivity index (χ1v) is 8.55. The number of piperidine rings is 1. The van der Waals surface area contributed by atoms with Gasteiger partial charge in [0.1, 0.15) is 6.54 Å². The molecule has 0 unspecified atom stereocenters. The summed E-state index contributed by atoms with van der Waals surface area (Å²) in [6, 6.07) is 6.02. The van der Waals surface area contributed by atoms with Crippen molar-refractivity contribution in [3.63, 3.8) is 0 Å². The van der Waals surface area contributed by atoms with Crippen LogP contribution in [0.3, 0.4) is 0 Å². The number of carbonyl (C=O) groups excluding carboxylic acids is 1. The van der Waals surface area contributed by atoms with Crippen molar-refractivity contribution in [2.24, 2.45) is 5.41 Å². The molecular formula is C16H23N3O2S. The van der Waals surface area contributed by atoms with Gasteiger partial charge in [0.25, 0.3) is 0 Å². The quantitative estimate of drug-likeness (QED) is 0.493. The van der Waals surface area contributed by atoms with E-state index in [2.05, 4.69) is 20.4 Å². The van der Waals surface area contributed by atoms with Gasteiger partial charge in [0.2, 0.25) is 0 Å². The summed E-state index contributed by atoms with van der Waals surface area (Å²) in [6.07, 6.45) is 5.38. The third kappa shape index (κ3) is 3.50. The Labute approximate surface area is 135 Å². The van der Waals surface area contributed by atoms with Gasteiger partial charge in [-0.3, -0.25) is 4.79 Å². The summed E-state index contributed by atoms with van der Waals surface area (Å²) in [7, 11) is 1.39. The fraction of sp³-hybridized carbons (Fsp3) is 0.562. The number of nitrogens with zero attached hydrogens (tertiary/aromatic N) is 1. The molecule has 0 aromatic heterocycles. The average molecular weight is 321 g/mol. The van der Waals surface area contributed by atoms with E-state index in [0.717, 1.165) is 29.4 Å². The van der Waals surface area contributed by atoms with E-state index in [0.29, 0.717) is 5.41 Å². The Morgan fingerprint density at radius 2 is 2.09 bits per heavy atom. The Morgan fingerprint density at radius 1 is 1.36 bits per heavy atom. The first-order chi connectivity index (χ1) is 10.6. The summed E-state index contributed by atoms with van der Waals surface area (Å²) in [4.78, 5) is 14.6. The van der Waals surface area contributed by atoms with E-state index in [-0.39, 0.29) is 12.5 Å². The number of ether oxygens (including phenoxy) is 1. The summed E-state index contributed by atoms with van der Waals surface area (Å²) < 4.78 is 7.62. The second-order valence-corrected chi connectivity index (χ2v) is 7.17.